The monoisotopic (exact) mass is 231 g/mol. The van der Waals surface area contributed by atoms with Gasteiger partial charge in [-0.05, 0) is 22.5 Å². The van der Waals surface area contributed by atoms with Crippen LogP contribution in [0.25, 0.3) is 0 Å². The fraction of sp³-hybridized carbons (Fsp3) is 0.333. The molecule has 0 aliphatic carbocycles. The van der Waals surface area contributed by atoms with Crippen molar-refractivity contribution in [1.29, 1.82) is 5.26 Å². The lowest BCUT2D eigenvalue weighted by Gasteiger charge is -1.85. The second-order valence-electron chi connectivity index (χ2n) is 1.88. The molecule has 1 aromatic heterocycles. The van der Waals surface area contributed by atoms with Crippen molar-refractivity contribution in [2.24, 2.45) is 5.73 Å². The van der Waals surface area contributed by atoms with Crippen molar-refractivity contribution in [3.05, 3.63) is 14.5 Å². The van der Waals surface area contributed by atoms with Crippen molar-refractivity contribution in [3.63, 3.8) is 0 Å². The van der Waals surface area contributed by atoms with E-state index < -0.39 is 0 Å². The number of nitrogens with two attached hydrogens (primary N) is 1. The third-order valence-electron chi connectivity index (χ3n) is 1.09. The minimum atomic E-state index is 0.457. The van der Waals surface area contributed by atoms with Gasteiger partial charge < -0.3 is 5.73 Å². The Hall–Kier alpha value is -0.440. The van der Waals surface area contributed by atoms with Gasteiger partial charge in [-0.25, -0.2) is 4.98 Å². The summed E-state index contributed by atoms with van der Waals surface area (Å²) in [6, 6.07) is 1.99. The lowest BCUT2D eigenvalue weighted by atomic mass is 10.4. The molecule has 0 fully saturated rings. The molecular weight excluding hydrogens is 226 g/mol. The van der Waals surface area contributed by atoms with Crippen LogP contribution in [0.5, 0.6) is 0 Å². The second-order valence-corrected chi connectivity index (χ2v) is 4.28. The standard InChI is InChI=1S/C6H6BrN3S/c7-6-4(3-9)10-5(11-6)1-2-8/h1-2,8H2. The van der Waals surface area contributed by atoms with Gasteiger partial charge in [-0.2, -0.15) is 5.26 Å². The molecule has 0 saturated carbocycles. The lowest BCUT2D eigenvalue weighted by Crippen LogP contribution is -2.01. The predicted molar refractivity (Wildman–Crippen MR) is 47.3 cm³/mol. The molecule has 0 spiro atoms. The van der Waals surface area contributed by atoms with Crippen molar-refractivity contribution >= 4 is 27.3 Å². The summed E-state index contributed by atoms with van der Waals surface area (Å²) in [4.78, 5) is 4.05. The quantitative estimate of drug-likeness (QED) is 0.835. The van der Waals surface area contributed by atoms with Crippen LogP contribution in [0.4, 0.5) is 0 Å². The summed E-state index contributed by atoms with van der Waals surface area (Å²) in [7, 11) is 0. The van der Waals surface area contributed by atoms with Crippen LogP contribution < -0.4 is 5.73 Å². The molecule has 58 valence electrons. The van der Waals surface area contributed by atoms with Crippen molar-refractivity contribution < 1.29 is 0 Å². The van der Waals surface area contributed by atoms with E-state index in [1.807, 2.05) is 6.07 Å². The maximum absolute atomic E-state index is 8.53. The minimum Gasteiger partial charge on any atom is -0.330 e. The highest BCUT2D eigenvalue weighted by Crippen LogP contribution is 2.24. The largest absolute Gasteiger partial charge is 0.330 e. The Balaban J connectivity index is 2.89. The number of rotatable bonds is 2. The van der Waals surface area contributed by atoms with Gasteiger partial charge in [0.15, 0.2) is 5.69 Å². The zero-order valence-corrected chi connectivity index (χ0v) is 8.07. The average molecular weight is 232 g/mol. The molecule has 5 heteroatoms. The smallest absolute Gasteiger partial charge is 0.165 e. The Morgan fingerprint density at radius 1 is 1.73 bits per heavy atom. The second kappa shape index (κ2) is 3.81. The number of halogens is 1. The summed E-state index contributed by atoms with van der Waals surface area (Å²) in [6.07, 6.45) is 0.741. The van der Waals surface area contributed by atoms with Crippen molar-refractivity contribution in [3.8, 4) is 6.07 Å². The zero-order valence-electron chi connectivity index (χ0n) is 5.67. The topological polar surface area (TPSA) is 62.7 Å². The highest BCUT2D eigenvalue weighted by molar-refractivity contribution is 9.11. The van der Waals surface area contributed by atoms with E-state index in [4.69, 9.17) is 11.0 Å². The van der Waals surface area contributed by atoms with E-state index in [1.54, 1.807) is 0 Å². The third kappa shape index (κ3) is 1.99. The minimum absolute atomic E-state index is 0.457. The molecule has 0 aliphatic rings. The van der Waals surface area contributed by atoms with Crippen LogP contribution in [-0.2, 0) is 6.42 Å². The summed E-state index contributed by atoms with van der Waals surface area (Å²) < 4.78 is 0.795. The van der Waals surface area contributed by atoms with Crippen LogP contribution in [0.3, 0.4) is 0 Å². The van der Waals surface area contributed by atoms with Crippen LogP contribution in [0.15, 0.2) is 3.79 Å². The summed E-state index contributed by atoms with van der Waals surface area (Å²) in [6.45, 7) is 0.574. The molecule has 0 bridgehead atoms. The summed E-state index contributed by atoms with van der Waals surface area (Å²) in [5.74, 6) is 0. The molecule has 3 nitrogen and oxygen atoms in total. The van der Waals surface area contributed by atoms with Crippen molar-refractivity contribution in [1.82, 2.24) is 4.98 Å². The molecule has 0 saturated heterocycles. The van der Waals surface area contributed by atoms with Gasteiger partial charge in [-0.3, -0.25) is 0 Å². The molecule has 0 aliphatic heterocycles. The first-order chi connectivity index (χ1) is 5.27. The third-order valence-corrected chi connectivity index (χ3v) is 2.86. The summed E-state index contributed by atoms with van der Waals surface area (Å²) in [5.41, 5.74) is 5.79. The molecule has 2 N–H and O–H groups in total. The Kier molecular flexibility index (Phi) is 3.00. The van der Waals surface area contributed by atoms with Crippen molar-refractivity contribution in [2.75, 3.05) is 6.54 Å². The van der Waals surface area contributed by atoms with Crippen LogP contribution in [-0.4, -0.2) is 11.5 Å². The maximum atomic E-state index is 8.53. The van der Waals surface area contributed by atoms with Gasteiger partial charge in [0.2, 0.25) is 0 Å². The van der Waals surface area contributed by atoms with E-state index in [2.05, 4.69) is 20.9 Å². The number of hydrogen-bond donors (Lipinski definition) is 1. The molecule has 1 heterocycles. The normalized spacial score (nSPS) is 9.55. The predicted octanol–water partition coefficient (Wildman–Crippen LogP) is 1.28. The van der Waals surface area contributed by atoms with Gasteiger partial charge in [0.1, 0.15) is 9.86 Å². The number of nitrogens with zero attached hydrogens (tertiary/aromatic N) is 2. The van der Waals surface area contributed by atoms with Gasteiger partial charge in [0.25, 0.3) is 0 Å². The van der Waals surface area contributed by atoms with E-state index in [0.29, 0.717) is 12.2 Å². The first-order valence-corrected chi connectivity index (χ1v) is 4.64. The molecule has 1 rings (SSSR count). The van der Waals surface area contributed by atoms with Gasteiger partial charge in [0, 0.05) is 6.42 Å². The van der Waals surface area contributed by atoms with E-state index in [0.717, 1.165) is 15.2 Å². The van der Waals surface area contributed by atoms with Crippen LogP contribution in [0.1, 0.15) is 10.7 Å². The number of nitriles is 1. The maximum Gasteiger partial charge on any atom is 0.165 e. The summed E-state index contributed by atoms with van der Waals surface area (Å²) in [5, 5.41) is 9.45. The molecule has 11 heavy (non-hydrogen) atoms. The van der Waals surface area contributed by atoms with Crippen LogP contribution in [0.2, 0.25) is 0 Å². The SMILES string of the molecule is N#Cc1nc(CCN)sc1Br. The number of thiazole rings is 1. The van der Waals surface area contributed by atoms with Gasteiger partial charge in [-0.15, -0.1) is 11.3 Å². The molecule has 0 atom stereocenters. The molecule has 0 unspecified atom stereocenters. The lowest BCUT2D eigenvalue weighted by molar-refractivity contribution is 0.950. The van der Waals surface area contributed by atoms with E-state index >= 15 is 0 Å². The first-order valence-electron chi connectivity index (χ1n) is 3.03. The van der Waals surface area contributed by atoms with Crippen LogP contribution in [0, 0.1) is 11.3 Å². The molecule has 0 aromatic carbocycles. The Bertz CT molecular complexity index is 289. The molecular formula is C6H6BrN3S. The highest BCUT2D eigenvalue weighted by Gasteiger charge is 2.06. The molecule has 0 radical (unpaired) electrons. The summed E-state index contributed by atoms with van der Waals surface area (Å²) >= 11 is 4.71. The Morgan fingerprint density at radius 3 is 2.91 bits per heavy atom. The van der Waals surface area contributed by atoms with Crippen molar-refractivity contribution in [2.45, 2.75) is 6.42 Å². The van der Waals surface area contributed by atoms with E-state index in [-0.39, 0.29) is 0 Å². The molecule has 0 amide bonds. The zero-order chi connectivity index (χ0) is 8.27. The highest BCUT2D eigenvalue weighted by atomic mass is 79.9. The molecule has 1 aromatic rings. The average Bonchev–Trinajstić information content (AvgIpc) is 2.32. The fourth-order valence-electron chi connectivity index (χ4n) is 0.643. The Labute approximate surface area is 77.0 Å². The van der Waals surface area contributed by atoms with E-state index in [1.165, 1.54) is 11.3 Å². The first kappa shape index (κ1) is 8.65. The van der Waals surface area contributed by atoms with Gasteiger partial charge >= 0.3 is 0 Å². The van der Waals surface area contributed by atoms with Crippen LogP contribution >= 0.6 is 27.3 Å². The number of aromatic nitrogens is 1. The van der Waals surface area contributed by atoms with E-state index in [9.17, 15) is 0 Å². The fourth-order valence-corrected chi connectivity index (χ4v) is 2.13. The van der Waals surface area contributed by atoms with Gasteiger partial charge in [0.05, 0.1) is 5.01 Å². The van der Waals surface area contributed by atoms with Gasteiger partial charge in [-0.1, -0.05) is 0 Å². The number of hydrogen-bond acceptors (Lipinski definition) is 4. The Morgan fingerprint density at radius 2 is 2.45 bits per heavy atom.